The monoisotopic (exact) mass is 370 g/mol. The Hall–Kier alpha value is -2.04. The molecule has 4 atom stereocenters. The number of aliphatic hydroxyl groups excluding tert-OH is 1. The van der Waals surface area contributed by atoms with Crippen molar-refractivity contribution in [2.24, 2.45) is 5.92 Å². The predicted octanol–water partition coefficient (Wildman–Crippen LogP) is 2.53. The fraction of sp³-hybridized carbons (Fsp3) is 0.571. The van der Waals surface area contributed by atoms with Gasteiger partial charge in [-0.15, -0.1) is 0 Å². The molecular formula is C14H12F6N2O3. The van der Waals surface area contributed by atoms with Crippen LogP contribution in [0.3, 0.4) is 0 Å². The number of piperidine rings is 1. The Morgan fingerprint density at radius 1 is 1.12 bits per heavy atom. The lowest BCUT2D eigenvalue weighted by Gasteiger charge is -2.36. The second-order valence-corrected chi connectivity index (χ2v) is 6.14. The SMILES string of the molecule is O=C(O)[C@@H]1[C@@H]2C[C@@H](C[C@H]2O)N1c1cc(C(F)(F)F)cc(C(F)(F)F)n1. The molecule has 25 heavy (non-hydrogen) atoms. The van der Waals surface area contributed by atoms with Gasteiger partial charge in [-0.05, 0) is 25.0 Å². The summed E-state index contributed by atoms with van der Waals surface area (Å²) in [5.41, 5.74) is -3.30. The first-order chi connectivity index (χ1) is 11.4. The third-order valence-corrected chi connectivity index (χ3v) is 4.60. The molecular weight excluding hydrogens is 358 g/mol. The van der Waals surface area contributed by atoms with Crippen molar-refractivity contribution in [1.29, 1.82) is 0 Å². The number of carboxylic acids is 1. The number of aliphatic carboxylic acids is 1. The Morgan fingerprint density at radius 3 is 2.28 bits per heavy atom. The zero-order chi connectivity index (χ0) is 18.7. The van der Waals surface area contributed by atoms with E-state index >= 15 is 0 Å². The molecule has 2 bridgehead atoms. The van der Waals surface area contributed by atoms with Crippen molar-refractivity contribution in [3.8, 4) is 0 Å². The highest BCUT2D eigenvalue weighted by Crippen LogP contribution is 2.46. The summed E-state index contributed by atoms with van der Waals surface area (Å²) in [4.78, 5) is 15.6. The van der Waals surface area contributed by atoms with Gasteiger partial charge in [0.25, 0.3) is 0 Å². The molecule has 0 amide bonds. The lowest BCUT2D eigenvalue weighted by molar-refractivity contribution is -0.145. The maximum absolute atomic E-state index is 13.0. The Kier molecular flexibility index (Phi) is 3.90. The lowest BCUT2D eigenvalue weighted by Crippen LogP contribution is -2.50. The van der Waals surface area contributed by atoms with Crippen molar-refractivity contribution in [1.82, 2.24) is 4.98 Å². The number of carbonyl (C=O) groups is 1. The van der Waals surface area contributed by atoms with Crippen LogP contribution in [0.15, 0.2) is 12.1 Å². The predicted molar refractivity (Wildman–Crippen MR) is 70.7 cm³/mol. The van der Waals surface area contributed by atoms with Crippen LogP contribution in [-0.2, 0) is 17.1 Å². The molecule has 0 aromatic carbocycles. The molecule has 1 aliphatic heterocycles. The summed E-state index contributed by atoms with van der Waals surface area (Å²) in [5, 5.41) is 19.1. The van der Waals surface area contributed by atoms with Crippen LogP contribution in [0.5, 0.6) is 0 Å². The smallest absolute Gasteiger partial charge is 0.433 e. The molecule has 2 heterocycles. The number of aromatic nitrogens is 1. The molecule has 0 unspecified atom stereocenters. The quantitative estimate of drug-likeness (QED) is 0.783. The van der Waals surface area contributed by atoms with Gasteiger partial charge in [-0.2, -0.15) is 26.3 Å². The first-order valence-corrected chi connectivity index (χ1v) is 7.25. The van der Waals surface area contributed by atoms with E-state index in [2.05, 4.69) is 4.98 Å². The minimum absolute atomic E-state index is 0.0632. The minimum Gasteiger partial charge on any atom is -0.480 e. The molecule has 1 saturated carbocycles. The van der Waals surface area contributed by atoms with E-state index in [1.54, 1.807) is 0 Å². The van der Waals surface area contributed by atoms with Gasteiger partial charge in [0.2, 0.25) is 0 Å². The number of pyridine rings is 1. The van der Waals surface area contributed by atoms with E-state index in [9.17, 15) is 41.4 Å². The van der Waals surface area contributed by atoms with Crippen LogP contribution >= 0.6 is 0 Å². The van der Waals surface area contributed by atoms with E-state index < -0.39 is 59.5 Å². The topological polar surface area (TPSA) is 73.7 Å². The summed E-state index contributed by atoms with van der Waals surface area (Å²) in [6.45, 7) is 0. The number of nitrogens with zero attached hydrogens (tertiary/aromatic N) is 2. The minimum atomic E-state index is -5.12. The van der Waals surface area contributed by atoms with Crippen molar-refractivity contribution < 1.29 is 41.4 Å². The van der Waals surface area contributed by atoms with Crippen molar-refractivity contribution in [2.45, 2.75) is 43.4 Å². The zero-order valence-electron chi connectivity index (χ0n) is 12.3. The summed E-state index contributed by atoms with van der Waals surface area (Å²) in [6, 6.07) is -1.80. The van der Waals surface area contributed by atoms with Crippen LogP contribution in [0.1, 0.15) is 24.1 Å². The van der Waals surface area contributed by atoms with E-state index in [0.717, 1.165) is 4.90 Å². The van der Waals surface area contributed by atoms with Crippen LogP contribution in [0.25, 0.3) is 0 Å². The van der Waals surface area contributed by atoms with Gasteiger partial charge in [-0.1, -0.05) is 0 Å². The molecule has 1 aromatic rings. The summed E-state index contributed by atoms with van der Waals surface area (Å²) < 4.78 is 77.6. The number of carboxylic acid groups (broad SMARTS) is 1. The van der Waals surface area contributed by atoms with Gasteiger partial charge in [0.05, 0.1) is 11.7 Å². The molecule has 0 spiro atoms. The first kappa shape index (κ1) is 17.8. The molecule has 1 aliphatic carbocycles. The second kappa shape index (κ2) is 5.48. The van der Waals surface area contributed by atoms with Crippen molar-refractivity contribution >= 4 is 11.8 Å². The lowest BCUT2D eigenvalue weighted by atomic mass is 9.96. The Balaban J connectivity index is 2.11. The van der Waals surface area contributed by atoms with Crippen LogP contribution in [0, 0.1) is 5.92 Å². The summed E-state index contributed by atoms with van der Waals surface area (Å²) in [7, 11) is 0. The molecule has 138 valence electrons. The van der Waals surface area contributed by atoms with Gasteiger partial charge >= 0.3 is 18.3 Å². The molecule has 2 fully saturated rings. The molecule has 2 aliphatic rings. The first-order valence-electron chi connectivity index (χ1n) is 7.25. The Morgan fingerprint density at radius 2 is 1.76 bits per heavy atom. The molecule has 0 radical (unpaired) electrons. The summed E-state index contributed by atoms with van der Waals surface area (Å²) >= 11 is 0. The highest BCUT2D eigenvalue weighted by Gasteiger charge is 2.55. The van der Waals surface area contributed by atoms with E-state index in [-0.39, 0.29) is 18.9 Å². The molecule has 1 aromatic heterocycles. The number of alkyl halides is 6. The number of hydrogen-bond donors (Lipinski definition) is 2. The number of hydrogen-bond acceptors (Lipinski definition) is 4. The fourth-order valence-corrected chi connectivity index (χ4v) is 3.61. The van der Waals surface area contributed by atoms with Crippen molar-refractivity contribution in [3.63, 3.8) is 0 Å². The van der Waals surface area contributed by atoms with Crippen LogP contribution in [0.4, 0.5) is 32.2 Å². The summed E-state index contributed by atoms with van der Waals surface area (Å²) in [6.07, 6.45) is -10.9. The maximum Gasteiger partial charge on any atom is 0.433 e. The van der Waals surface area contributed by atoms with Crippen molar-refractivity contribution in [2.75, 3.05) is 4.90 Å². The summed E-state index contributed by atoms with van der Waals surface area (Å²) in [5.74, 6) is -2.90. The molecule has 2 N–H and O–H groups in total. The third kappa shape index (κ3) is 3.00. The fourth-order valence-electron chi connectivity index (χ4n) is 3.61. The normalized spacial score (nSPS) is 29.3. The van der Waals surface area contributed by atoms with Crippen LogP contribution in [0.2, 0.25) is 0 Å². The van der Waals surface area contributed by atoms with Gasteiger partial charge in [0.1, 0.15) is 17.6 Å². The third-order valence-electron chi connectivity index (χ3n) is 4.60. The van der Waals surface area contributed by atoms with Gasteiger partial charge in [-0.25, -0.2) is 9.78 Å². The molecule has 5 nitrogen and oxygen atoms in total. The maximum atomic E-state index is 13.0. The average molecular weight is 370 g/mol. The van der Waals surface area contributed by atoms with Gasteiger partial charge in [0.15, 0.2) is 0 Å². The van der Waals surface area contributed by atoms with Crippen molar-refractivity contribution in [3.05, 3.63) is 23.4 Å². The highest BCUT2D eigenvalue weighted by molar-refractivity contribution is 5.80. The van der Waals surface area contributed by atoms with Crippen LogP contribution in [-0.4, -0.2) is 39.4 Å². The van der Waals surface area contributed by atoms with E-state index in [0.29, 0.717) is 6.07 Å². The number of rotatable bonds is 2. The second-order valence-electron chi connectivity index (χ2n) is 6.14. The number of halogens is 6. The van der Waals surface area contributed by atoms with E-state index in [4.69, 9.17) is 0 Å². The van der Waals surface area contributed by atoms with Gasteiger partial charge < -0.3 is 15.1 Å². The average Bonchev–Trinajstić information content (AvgIpc) is 3.01. The molecule has 11 heteroatoms. The molecule has 1 saturated heterocycles. The molecule has 3 rings (SSSR count). The standard InChI is InChI=1S/C14H12F6N2O3/c15-13(16,17)5-1-9(14(18,19)20)21-10(2-5)22-6-3-7(8(23)4-6)11(22)12(24)25/h1-2,6-8,11,23H,3-4H2,(H,24,25)/t6-,7+,8+,11-/m0/s1. The number of aliphatic hydroxyl groups is 1. The van der Waals surface area contributed by atoms with E-state index in [1.165, 1.54) is 0 Å². The largest absolute Gasteiger partial charge is 0.480 e. The highest BCUT2D eigenvalue weighted by atomic mass is 19.4. The Bertz CT molecular complexity index is 673. The van der Waals surface area contributed by atoms with Gasteiger partial charge in [-0.3, -0.25) is 0 Å². The number of anilines is 1. The number of fused-ring (bicyclic) bond motifs is 2. The van der Waals surface area contributed by atoms with E-state index in [1.807, 2.05) is 0 Å². The van der Waals surface area contributed by atoms with Crippen LogP contribution < -0.4 is 4.90 Å². The Labute approximate surface area is 136 Å². The van der Waals surface area contributed by atoms with Gasteiger partial charge in [0, 0.05) is 12.0 Å². The zero-order valence-corrected chi connectivity index (χ0v) is 12.3.